The summed E-state index contributed by atoms with van der Waals surface area (Å²) in [6, 6.07) is 6.06. The number of nitrogens with zero attached hydrogens (tertiary/aromatic N) is 1. The van der Waals surface area contributed by atoms with Crippen molar-refractivity contribution < 1.29 is 23.2 Å². The summed E-state index contributed by atoms with van der Waals surface area (Å²) in [5, 5.41) is 10.9. The summed E-state index contributed by atoms with van der Waals surface area (Å²) in [6.07, 6.45) is 0. The lowest BCUT2D eigenvalue weighted by atomic mass is 10.1. The maximum Gasteiger partial charge on any atom is 0.311 e. The van der Waals surface area contributed by atoms with Crippen molar-refractivity contribution in [3.8, 4) is 11.5 Å². The quantitative estimate of drug-likeness (QED) is 0.487. The van der Waals surface area contributed by atoms with Crippen LogP contribution in [0.25, 0.3) is 0 Å². The molecule has 0 unspecified atom stereocenters. The fourth-order valence-corrected chi connectivity index (χ4v) is 1.64. The van der Waals surface area contributed by atoms with E-state index in [1.165, 1.54) is 13.0 Å². The number of benzene rings is 2. The third-order valence-corrected chi connectivity index (χ3v) is 2.68. The Bertz CT molecular complexity index is 731. The van der Waals surface area contributed by atoms with Gasteiger partial charge in [0.05, 0.1) is 4.92 Å². The average Bonchev–Trinajstić information content (AvgIpc) is 2.41. The molecule has 0 saturated heterocycles. The van der Waals surface area contributed by atoms with Crippen LogP contribution in [0.5, 0.6) is 11.5 Å². The van der Waals surface area contributed by atoms with Crippen molar-refractivity contribution in [2.75, 3.05) is 0 Å². The Morgan fingerprint density at radius 1 is 1.14 bits per heavy atom. The van der Waals surface area contributed by atoms with Gasteiger partial charge in [-0.25, -0.2) is 8.78 Å². The van der Waals surface area contributed by atoms with E-state index >= 15 is 0 Å². The summed E-state index contributed by atoms with van der Waals surface area (Å²) >= 11 is 0. The zero-order valence-electron chi connectivity index (χ0n) is 10.8. The highest BCUT2D eigenvalue weighted by atomic mass is 19.1. The smallest absolute Gasteiger partial charge is 0.311 e. The highest BCUT2D eigenvalue weighted by Gasteiger charge is 2.19. The van der Waals surface area contributed by atoms with Crippen molar-refractivity contribution >= 4 is 11.5 Å². The van der Waals surface area contributed by atoms with E-state index < -0.39 is 22.2 Å². The summed E-state index contributed by atoms with van der Waals surface area (Å²) in [5.41, 5.74) is -0.248. The number of carbonyl (C=O) groups is 1. The van der Waals surface area contributed by atoms with Crippen LogP contribution in [-0.2, 0) is 0 Å². The zero-order chi connectivity index (χ0) is 15.6. The number of hydrogen-bond acceptors (Lipinski definition) is 4. The molecular formula is C14H9F2NO4. The van der Waals surface area contributed by atoms with E-state index in [4.69, 9.17) is 4.74 Å². The molecular weight excluding hydrogens is 284 g/mol. The van der Waals surface area contributed by atoms with Gasteiger partial charge in [0.1, 0.15) is 5.82 Å². The van der Waals surface area contributed by atoms with Gasteiger partial charge in [-0.2, -0.15) is 0 Å². The third kappa shape index (κ3) is 3.19. The Morgan fingerprint density at radius 3 is 2.43 bits per heavy atom. The first-order valence-electron chi connectivity index (χ1n) is 5.81. The summed E-state index contributed by atoms with van der Waals surface area (Å²) in [6.45, 7) is 1.28. The molecule has 0 radical (unpaired) electrons. The lowest BCUT2D eigenvalue weighted by Crippen LogP contribution is -1.98. The molecule has 2 aromatic carbocycles. The molecule has 0 fully saturated rings. The van der Waals surface area contributed by atoms with Crippen LogP contribution >= 0.6 is 0 Å². The largest absolute Gasteiger partial charge is 0.447 e. The Labute approximate surface area is 117 Å². The van der Waals surface area contributed by atoms with E-state index in [-0.39, 0.29) is 22.8 Å². The van der Waals surface area contributed by atoms with Gasteiger partial charge in [-0.1, -0.05) is 0 Å². The molecule has 7 heteroatoms. The molecule has 0 saturated carbocycles. The first-order chi connectivity index (χ1) is 9.88. The highest BCUT2D eigenvalue weighted by Crippen LogP contribution is 2.33. The maximum atomic E-state index is 13.5. The summed E-state index contributed by atoms with van der Waals surface area (Å²) in [4.78, 5) is 21.5. The molecule has 5 nitrogen and oxygen atoms in total. The van der Waals surface area contributed by atoms with Crippen LogP contribution in [-0.4, -0.2) is 10.7 Å². The molecule has 2 rings (SSSR count). The van der Waals surface area contributed by atoms with Crippen molar-refractivity contribution in [2.24, 2.45) is 0 Å². The number of ketones is 1. The fraction of sp³-hybridized carbons (Fsp3) is 0.0714. The number of rotatable bonds is 4. The number of nitro benzene ring substituents is 1. The lowest BCUT2D eigenvalue weighted by Gasteiger charge is -2.08. The predicted molar refractivity (Wildman–Crippen MR) is 69.5 cm³/mol. The van der Waals surface area contributed by atoms with Gasteiger partial charge in [0.2, 0.25) is 5.75 Å². The Hall–Kier alpha value is -2.83. The zero-order valence-corrected chi connectivity index (χ0v) is 10.8. The molecule has 0 aliphatic rings. The molecule has 0 heterocycles. The molecule has 0 N–H and O–H groups in total. The van der Waals surface area contributed by atoms with Crippen LogP contribution in [0.15, 0.2) is 36.4 Å². The maximum absolute atomic E-state index is 13.5. The van der Waals surface area contributed by atoms with Gasteiger partial charge in [0.25, 0.3) is 0 Å². The van der Waals surface area contributed by atoms with E-state index in [0.717, 1.165) is 24.3 Å². The standard InChI is InChI=1S/C14H9F2NO4/c1-8(18)9-2-4-12(17(19)20)14(6-9)21-13-5-3-10(15)7-11(13)16/h2-7H,1H3. The average molecular weight is 293 g/mol. The molecule has 0 bridgehead atoms. The highest BCUT2D eigenvalue weighted by molar-refractivity contribution is 5.94. The first-order valence-corrected chi connectivity index (χ1v) is 5.81. The minimum Gasteiger partial charge on any atom is -0.447 e. The normalized spacial score (nSPS) is 10.2. The van der Waals surface area contributed by atoms with Crippen molar-refractivity contribution in [2.45, 2.75) is 6.92 Å². The van der Waals surface area contributed by atoms with Crippen LogP contribution in [0.3, 0.4) is 0 Å². The summed E-state index contributed by atoms with van der Waals surface area (Å²) < 4.78 is 31.5. The summed E-state index contributed by atoms with van der Waals surface area (Å²) in [5.74, 6) is -2.79. The number of carbonyl (C=O) groups excluding carboxylic acids is 1. The predicted octanol–water partition coefficient (Wildman–Crippen LogP) is 3.87. The second kappa shape index (κ2) is 5.66. The Balaban J connectivity index is 2.48. The third-order valence-electron chi connectivity index (χ3n) is 2.68. The summed E-state index contributed by atoms with van der Waals surface area (Å²) in [7, 11) is 0. The monoisotopic (exact) mass is 293 g/mol. The molecule has 0 atom stereocenters. The molecule has 0 aromatic heterocycles. The van der Waals surface area contributed by atoms with Crippen molar-refractivity contribution in [3.63, 3.8) is 0 Å². The van der Waals surface area contributed by atoms with Crippen LogP contribution in [0, 0.1) is 21.7 Å². The van der Waals surface area contributed by atoms with Crippen LogP contribution in [0.4, 0.5) is 14.5 Å². The van der Waals surface area contributed by atoms with Gasteiger partial charge in [-0.3, -0.25) is 14.9 Å². The second-order valence-corrected chi connectivity index (χ2v) is 4.17. The molecule has 0 spiro atoms. The van der Waals surface area contributed by atoms with Crippen LogP contribution < -0.4 is 4.74 Å². The number of Topliss-reactive ketones (excluding diaryl/α,β-unsaturated/α-hetero) is 1. The van der Waals surface area contributed by atoms with Crippen molar-refractivity contribution in [3.05, 3.63) is 63.7 Å². The van der Waals surface area contributed by atoms with Gasteiger partial charge in [-0.15, -0.1) is 0 Å². The number of hydrogen-bond donors (Lipinski definition) is 0. The van der Waals surface area contributed by atoms with Crippen molar-refractivity contribution in [1.29, 1.82) is 0 Å². The van der Waals surface area contributed by atoms with Gasteiger partial charge in [0, 0.05) is 17.7 Å². The Kier molecular flexibility index (Phi) is 3.93. The minimum absolute atomic E-state index is 0.179. The van der Waals surface area contributed by atoms with E-state index in [2.05, 4.69) is 0 Å². The number of halogens is 2. The lowest BCUT2D eigenvalue weighted by molar-refractivity contribution is -0.385. The van der Waals surface area contributed by atoms with E-state index in [9.17, 15) is 23.7 Å². The van der Waals surface area contributed by atoms with Gasteiger partial charge < -0.3 is 4.74 Å². The van der Waals surface area contributed by atoms with Crippen LogP contribution in [0.1, 0.15) is 17.3 Å². The van der Waals surface area contributed by atoms with Crippen molar-refractivity contribution in [1.82, 2.24) is 0 Å². The molecule has 2 aromatic rings. The molecule has 108 valence electrons. The first kappa shape index (κ1) is 14.6. The van der Waals surface area contributed by atoms with Gasteiger partial charge in [0.15, 0.2) is 17.3 Å². The molecule has 0 amide bonds. The minimum atomic E-state index is -1.00. The topological polar surface area (TPSA) is 69.4 Å². The SMILES string of the molecule is CC(=O)c1ccc([N+](=O)[O-])c(Oc2ccc(F)cc2F)c1. The second-order valence-electron chi connectivity index (χ2n) is 4.17. The van der Waals surface area contributed by atoms with E-state index in [0.29, 0.717) is 6.07 Å². The van der Waals surface area contributed by atoms with Gasteiger partial charge in [-0.05, 0) is 31.2 Å². The number of nitro groups is 1. The van der Waals surface area contributed by atoms with E-state index in [1.54, 1.807) is 0 Å². The molecule has 0 aliphatic heterocycles. The molecule has 21 heavy (non-hydrogen) atoms. The molecule has 0 aliphatic carbocycles. The van der Waals surface area contributed by atoms with Crippen LogP contribution in [0.2, 0.25) is 0 Å². The fourth-order valence-electron chi connectivity index (χ4n) is 1.64. The Morgan fingerprint density at radius 2 is 1.86 bits per heavy atom. The van der Waals surface area contributed by atoms with Gasteiger partial charge >= 0.3 is 5.69 Å². The van der Waals surface area contributed by atoms with E-state index in [1.807, 2.05) is 0 Å². The number of ether oxygens (including phenoxy) is 1.